The standard InChI is InChI=1S/C30H35NO9/c1-18(9-15-25(33)34)8-14-22-28(38-4)19(2)23-17-39-30(36)27(23)29(22)40-26(35)7-5-6-24(32)31-16-20-10-12-21(37-3)13-11-20/h8,10-13H,5-7,9,14-17H2,1-4H3,(H,31,32)(H,33,34)/b18-8+. The third-order valence-electron chi connectivity index (χ3n) is 6.66. The predicted octanol–water partition coefficient (Wildman–Crippen LogP) is 4.43. The van der Waals surface area contributed by atoms with E-state index < -0.39 is 17.9 Å². The van der Waals surface area contributed by atoms with Gasteiger partial charge in [0.2, 0.25) is 5.91 Å². The molecule has 0 unspecified atom stereocenters. The van der Waals surface area contributed by atoms with Gasteiger partial charge in [-0.1, -0.05) is 23.8 Å². The van der Waals surface area contributed by atoms with E-state index in [0.29, 0.717) is 35.4 Å². The first kappa shape index (κ1) is 30.2. The normalized spacial score (nSPS) is 12.4. The zero-order chi connectivity index (χ0) is 29.2. The molecule has 0 aliphatic carbocycles. The molecule has 40 heavy (non-hydrogen) atoms. The molecule has 0 saturated carbocycles. The van der Waals surface area contributed by atoms with Crippen molar-refractivity contribution in [2.45, 2.75) is 65.5 Å². The van der Waals surface area contributed by atoms with Gasteiger partial charge < -0.3 is 29.4 Å². The monoisotopic (exact) mass is 553 g/mol. The number of benzene rings is 2. The topological polar surface area (TPSA) is 137 Å². The van der Waals surface area contributed by atoms with E-state index in [1.54, 1.807) is 14.0 Å². The number of rotatable bonds is 14. The Morgan fingerprint density at radius 3 is 2.40 bits per heavy atom. The van der Waals surface area contributed by atoms with Crippen molar-refractivity contribution in [1.29, 1.82) is 0 Å². The maximum absolute atomic E-state index is 12.9. The van der Waals surface area contributed by atoms with Gasteiger partial charge in [-0.2, -0.15) is 0 Å². The second-order valence-electron chi connectivity index (χ2n) is 9.50. The molecule has 0 atom stereocenters. The fourth-order valence-electron chi connectivity index (χ4n) is 4.40. The first-order valence-corrected chi connectivity index (χ1v) is 13.0. The third-order valence-corrected chi connectivity index (χ3v) is 6.66. The van der Waals surface area contributed by atoms with Gasteiger partial charge in [0.15, 0.2) is 5.75 Å². The van der Waals surface area contributed by atoms with Crippen molar-refractivity contribution in [2.24, 2.45) is 0 Å². The van der Waals surface area contributed by atoms with E-state index in [2.05, 4.69) is 5.32 Å². The minimum absolute atomic E-state index is 0.00940. The fourth-order valence-corrected chi connectivity index (χ4v) is 4.40. The number of carboxylic acid groups (broad SMARTS) is 1. The van der Waals surface area contributed by atoms with Crippen molar-refractivity contribution in [3.8, 4) is 17.2 Å². The third kappa shape index (κ3) is 7.84. The number of hydrogen-bond acceptors (Lipinski definition) is 8. The van der Waals surface area contributed by atoms with Crippen molar-refractivity contribution in [3.05, 3.63) is 63.7 Å². The molecule has 3 rings (SSSR count). The molecule has 10 heteroatoms. The van der Waals surface area contributed by atoms with E-state index in [0.717, 1.165) is 16.9 Å². The fraction of sp³-hybridized carbons (Fsp3) is 0.400. The minimum atomic E-state index is -0.898. The summed E-state index contributed by atoms with van der Waals surface area (Å²) in [4.78, 5) is 48.7. The largest absolute Gasteiger partial charge is 0.497 e. The van der Waals surface area contributed by atoms with E-state index >= 15 is 0 Å². The quantitative estimate of drug-likeness (QED) is 0.198. The van der Waals surface area contributed by atoms with Crippen LogP contribution in [0.1, 0.15) is 71.6 Å². The molecular formula is C30H35NO9. The summed E-state index contributed by atoms with van der Waals surface area (Å²) in [5.41, 5.74) is 3.75. The first-order chi connectivity index (χ1) is 19.1. The lowest BCUT2D eigenvalue weighted by molar-refractivity contribution is -0.137. The van der Waals surface area contributed by atoms with E-state index in [1.807, 2.05) is 37.3 Å². The molecule has 214 valence electrons. The molecule has 2 aromatic rings. The Hall–Kier alpha value is -4.34. The number of cyclic esters (lactones) is 1. The number of carbonyl (C=O) groups excluding carboxylic acids is 3. The highest BCUT2D eigenvalue weighted by atomic mass is 16.6. The number of esters is 2. The Balaban J connectivity index is 1.68. The van der Waals surface area contributed by atoms with Crippen LogP contribution in [0.5, 0.6) is 17.2 Å². The van der Waals surface area contributed by atoms with E-state index in [9.17, 15) is 19.2 Å². The number of ether oxygens (including phenoxy) is 4. The summed E-state index contributed by atoms with van der Waals surface area (Å²) in [5.74, 6) is -1.00. The zero-order valence-electron chi connectivity index (χ0n) is 23.3. The Bertz CT molecular complexity index is 1300. The number of nitrogens with one attached hydrogen (secondary N) is 1. The second kappa shape index (κ2) is 14.2. The number of carbonyl (C=O) groups is 4. The molecule has 1 amide bonds. The molecule has 1 heterocycles. The highest BCUT2D eigenvalue weighted by molar-refractivity contribution is 5.99. The lowest BCUT2D eigenvalue weighted by Crippen LogP contribution is -2.23. The van der Waals surface area contributed by atoms with Gasteiger partial charge in [0.1, 0.15) is 23.7 Å². The number of carboxylic acids is 1. The number of allylic oxidation sites excluding steroid dienone is 2. The summed E-state index contributed by atoms with van der Waals surface area (Å²) in [6.45, 7) is 4.02. The van der Waals surface area contributed by atoms with Crippen LogP contribution < -0.4 is 19.5 Å². The van der Waals surface area contributed by atoms with Gasteiger partial charge in [0.25, 0.3) is 0 Å². The molecule has 2 aromatic carbocycles. The molecule has 1 aliphatic heterocycles. The van der Waals surface area contributed by atoms with Crippen LogP contribution in [0, 0.1) is 6.92 Å². The van der Waals surface area contributed by atoms with Crippen LogP contribution in [0.4, 0.5) is 0 Å². The van der Waals surface area contributed by atoms with Crippen LogP contribution in [0.25, 0.3) is 0 Å². The summed E-state index contributed by atoms with van der Waals surface area (Å²) in [7, 11) is 3.08. The lowest BCUT2D eigenvalue weighted by Gasteiger charge is -2.19. The molecule has 10 nitrogen and oxygen atoms in total. The smallest absolute Gasteiger partial charge is 0.342 e. The molecule has 0 bridgehead atoms. The number of aliphatic carboxylic acids is 1. The number of hydrogen-bond donors (Lipinski definition) is 2. The van der Waals surface area contributed by atoms with Gasteiger partial charge in [-0.3, -0.25) is 14.4 Å². The van der Waals surface area contributed by atoms with Gasteiger partial charge in [-0.25, -0.2) is 4.79 Å². The Kier molecular flexibility index (Phi) is 10.7. The molecule has 2 N–H and O–H groups in total. The van der Waals surface area contributed by atoms with Crippen LogP contribution in [-0.2, 0) is 38.7 Å². The van der Waals surface area contributed by atoms with Crippen molar-refractivity contribution in [1.82, 2.24) is 5.32 Å². The van der Waals surface area contributed by atoms with Gasteiger partial charge in [-0.05, 0) is 56.4 Å². The van der Waals surface area contributed by atoms with Crippen LogP contribution in [0.15, 0.2) is 35.9 Å². The molecule has 0 radical (unpaired) electrons. The van der Waals surface area contributed by atoms with Crippen LogP contribution in [0.2, 0.25) is 0 Å². The summed E-state index contributed by atoms with van der Waals surface area (Å²) in [6.07, 6.45) is 2.78. The zero-order valence-corrected chi connectivity index (χ0v) is 23.3. The second-order valence-corrected chi connectivity index (χ2v) is 9.50. The van der Waals surface area contributed by atoms with Gasteiger partial charge in [0.05, 0.1) is 14.2 Å². The predicted molar refractivity (Wildman–Crippen MR) is 146 cm³/mol. The minimum Gasteiger partial charge on any atom is -0.497 e. The number of amides is 1. The molecule has 0 spiro atoms. The average Bonchev–Trinajstić information content (AvgIpc) is 3.33. The number of methoxy groups -OCH3 is 2. The van der Waals surface area contributed by atoms with Crippen molar-refractivity contribution >= 4 is 23.8 Å². The summed E-state index contributed by atoms with van der Waals surface area (Å²) < 4.78 is 21.7. The van der Waals surface area contributed by atoms with Gasteiger partial charge >= 0.3 is 17.9 Å². The maximum Gasteiger partial charge on any atom is 0.342 e. The molecule has 0 aromatic heterocycles. The Morgan fingerprint density at radius 2 is 1.75 bits per heavy atom. The number of fused-ring (bicyclic) bond motifs is 1. The van der Waals surface area contributed by atoms with E-state index in [4.69, 9.17) is 24.1 Å². The van der Waals surface area contributed by atoms with Crippen molar-refractivity contribution in [2.75, 3.05) is 14.2 Å². The van der Waals surface area contributed by atoms with Crippen LogP contribution >= 0.6 is 0 Å². The molecular weight excluding hydrogens is 518 g/mol. The Morgan fingerprint density at radius 1 is 1.02 bits per heavy atom. The van der Waals surface area contributed by atoms with E-state index in [-0.39, 0.29) is 55.9 Å². The van der Waals surface area contributed by atoms with Crippen LogP contribution in [0.3, 0.4) is 0 Å². The summed E-state index contributed by atoms with van der Waals surface area (Å²) in [5, 5.41) is 11.8. The van der Waals surface area contributed by atoms with Gasteiger partial charge in [-0.15, -0.1) is 0 Å². The van der Waals surface area contributed by atoms with Crippen molar-refractivity contribution < 1.29 is 43.2 Å². The summed E-state index contributed by atoms with van der Waals surface area (Å²) in [6, 6.07) is 7.34. The highest BCUT2D eigenvalue weighted by Gasteiger charge is 2.34. The SMILES string of the molecule is COc1ccc(CNC(=O)CCCC(=O)Oc2c(C/C=C(\C)CCC(=O)O)c(OC)c(C)c3c2C(=O)OC3)cc1. The molecule has 1 aliphatic rings. The first-order valence-electron chi connectivity index (χ1n) is 13.0. The summed E-state index contributed by atoms with van der Waals surface area (Å²) >= 11 is 0. The van der Waals surface area contributed by atoms with Gasteiger partial charge in [0, 0.05) is 36.9 Å². The van der Waals surface area contributed by atoms with Crippen molar-refractivity contribution in [3.63, 3.8) is 0 Å². The average molecular weight is 554 g/mol. The lowest BCUT2D eigenvalue weighted by atomic mass is 9.94. The molecule has 0 saturated heterocycles. The van der Waals surface area contributed by atoms with E-state index in [1.165, 1.54) is 7.11 Å². The highest BCUT2D eigenvalue weighted by Crippen LogP contribution is 2.43. The maximum atomic E-state index is 12.9. The Labute approximate surface area is 233 Å². The van der Waals surface area contributed by atoms with Crippen LogP contribution in [-0.4, -0.2) is 43.1 Å². The molecule has 0 fully saturated rings.